The number of aliphatic carboxylic acids is 1. The maximum absolute atomic E-state index is 10.1. The van der Waals surface area contributed by atoms with Gasteiger partial charge in [-0.2, -0.15) is 0 Å². The standard InChI is InChI=1S/C5H9NO2.Al.Zr.3H/c7-5(8)4-2-1-3-6-4;;;;;/h4,6H,1-3H2,(H,7,8);;;;;/t4-;;;;;/m0...../s1. The van der Waals surface area contributed by atoms with Crippen molar-refractivity contribution in [2.24, 2.45) is 0 Å². The zero-order valence-corrected chi connectivity index (χ0v) is 7.51. The fourth-order valence-electron chi connectivity index (χ4n) is 0.895. The molecule has 0 aromatic heterocycles. The molecule has 0 bridgehead atoms. The summed E-state index contributed by atoms with van der Waals surface area (Å²) in [6.45, 7) is 0.858. The summed E-state index contributed by atoms with van der Waals surface area (Å²) in [6, 6.07) is -0.269. The van der Waals surface area contributed by atoms with Gasteiger partial charge in [0.05, 0.1) is 0 Å². The first-order valence-electron chi connectivity index (χ1n) is 2.77. The van der Waals surface area contributed by atoms with Gasteiger partial charge in [0.15, 0.2) is 17.4 Å². The first-order valence-corrected chi connectivity index (χ1v) is 2.77. The van der Waals surface area contributed by atoms with E-state index in [1.807, 2.05) is 0 Å². The molecule has 1 fully saturated rings. The second-order valence-corrected chi connectivity index (χ2v) is 1.99. The van der Waals surface area contributed by atoms with E-state index in [-0.39, 0.29) is 49.6 Å². The number of carboxylic acid groups (broad SMARTS) is 1. The van der Waals surface area contributed by atoms with Crippen LogP contribution in [-0.2, 0) is 31.0 Å². The van der Waals surface area contributed by atoms with Crippen molar-refractivity contribution in [2.75, 3.05) is 6.54 Å². The van der Waals surface area contributed by atoms with Crippen LogP contribution in [0, 0.1) is 0 Å². The van der Waals surface area contributed by atoms with E-state index >= 15 is 0 Å². The molecular formula is C5H12AlNO2Zr. The largest absolute Gasteiger partial charge is 0.480 e. The minimum atomic E-state index is -0.720. The fourth-order valence-corrected chi connectivity index (χ4v) is 0.895. The summed E-state index contributed by atoms with van der Waals surface area (Å²) in [5.41, 5.74) is 0. The molecular weight excluding hydrogens is 224 g/mol. The van der Waals surface area contributed by atoms with Gasteiger partial charge in [0.2, 0.25) is 0 Å². The van der Waals surface area contributed by atoms with Gasteiger partial charge in [0.25, 0.3) is 0 Å². The number of rotatable bonds is 1. The molecule has 0 aliphatic carbocycles. The normalized spacial score (nSPS) is 22.6. The third kappa shape index (κ3) is 3.88. The van der Waals surface area contributed by atoms with Gasteiger partial charge in [0.1, 0.15) is 6.04 Å². The Labute approximate surface area is 89.8 Å². The molecule has 0 aromatic rings. The topological polar surface area (TPSA) is 49.3 Å². The molecule has 3 nitrogen and oxygen atoms in total. The summed E-state index contributed by atoms with van der Waals surface area (Å²) in [7, 11) is 0. The molecule has 1 rings (SSSR count). The van der Waals surface area contributed by atoms with Crippen molar-refractivity contribution in [1.82, 2.24) is 5.32 Å². The van der Waals surface area contributed by atoms with Crippen LogP contribution in [-0.4, -0.2) is 41.0 Å². The number of nitrogens with one attached hydrogen (secondary N) is 1. The molecule has 0 unspecified atom stereocenters. The van der Waals surface area contributed by atoms with Crippen molar-refractivity contribution in [3.8, 4) is 0 Å². The first-order chi connectivity index (χ1) is 3.80. The summed E-state index contributed by atoms with van der Waals surface area (Å²) in [4.78, 5) is 10.1. The molecule has 5 heteroatoms. The second kappa shape index (κ2) is 6.55. The molecule has 0 radical (unpaired) electrons. The fraction of sp³-hybridized carbons (Fsp3) is 0.800. The van der Waals surface area contributed by atoms with Crippen LogP contribution < -0.4 is 5.32 Å². The van der Waals surface area contributed by atoms with Crippen molar-refractivity contribution in [2.45, 2.75) is 18.9 Å². The Morgan fingerprint density at radius 2 is 2.20 bits per heavy atom. The molecule has 0 saturated carbocycles. The van der Waals surface area contributed by atoms with Crippen molar-refractivity contribution >= 4 is 23.3 Å². The van der Waals surface area contributed by atoms with E-state index < -0.39 is 5.97 Å². The molecule has 1 saturated heterocycles. The van der Waals surface area contributed by atoms with Crippen LogP contribution in [0.4, 0.5) is 0 Å². The Balaban J connectivity index is 0. The molecule has 1 aliphatic rings. The third-order valence-corrected chi connectivity index (χ3v) is 1.36. The van der Waals surface area contributed by atoms with E-state index in [9.17, 15) is 4.79 Å². The summed E-state index contributed by atoms with van der Waals surface area (Å²) in [6.07, 6.45) is 1.78. The average Bonchev–Trinajstić information content (AvgIpc) is 2.12. The smallest absolute Gasteiger partial charge is 0.320 e. The maximum Gasteiger partial charge on any atom is 0.320 e. The summed E-state index contributed by atoms with van der Waals surface area (Å²) in [5.74, 6) is -0.720. The van der Waals surface area contributed by atoms with Crippen LogP contribution in [0.25, 0.3) is 0 Å². The van der Waals surface area contributed by atoms with Gasteiger partial charge in [-0.05, 0) is 19.4 Å². The quantitative estimate of drug-likeness (QED) is 0.553. The number of carboxylic acids is 1. The minimum absolute atomic E-state index is 0. The molecule has 0 amide bonds. The average molecular weight is 236 g/mol. The van der Waals surface area contributed by atoms with Crippen LogP contribution in [0.5, 0.6) is 0 Å². The van der Waals surface area contributed by atoms with E-state index in [0.717, 1.165) is 19.4 Å². The van der Waals surface area contributed by atoms with Crippen molar-refractivity contribution < 1.29 is 36.1 Å². The molecule has 1 aliphatic heterocycles. The zero-order chi connectivity index (χ0) is 5.98. The van der Waals surface area contributed by atoms with Crippen LogP contribution in [0.1, 0.15) is 12.8 Å². The van der Waals surface area contributed by atoms with Gasteiger partial charge >= 0.3 is 5.97 Å². The Hall–Kier alpha value is 0.846. The van der Waals surface area contributed by atoms with Crippen molar-refractivity contribution in [3.63, 3.8) is 0 Å². The van der Waals surface area contributed by atoms with Gasteiger partial charge in [-0.15, -0.1) is 0 Å². The SMILES string of the molecule is O=C(O)[C@@H]1CCCN1.[AlH3].[Zr]. The Morgan fingerprint density at radius 3 is 2.40 bits per heavy atom. The van der Waals surface area contributed by atoms with Gasteiger partial charge < -0.3 is 10.4 Å². The third-order valence-electron chi connectivity index (χ3n) is 1.36. The minimum Gasteiger partial charge on any atom is -0.480 e. The van der Waals surface area contributed by atoms with Gasteiger partial charge in [-0.3, -0.25) is 4.79 Å². The predicted molar refractivity (Wildman–Crippen MR) is 38.6 cm³/mol. The number of hydrogen-bond acceptors (Lipinski definition) is 2. The predicted octanol–water partition coefficient (Wildman–Crippen LogP) is -1.36. The van der Waals surface area contributed by atoms with Crippen LogP contribution >= 0.6 is 0 Å². The molecule has 0 aromatic carbocycles. The molecule has 1 heterocycles. The number of carbonyl (C=O) groups is 1. The molecule has 56 valence electrons. The van der Waals surface area contributed by atoms with Gasteiger partial charge in [-0.25, -0.2) is 0 Å². The zero-order valence-electron chi connectivity index (χ0n) is 5.05. The summed E-state index contributed by atoms with van der Waals surface area (Å²) in [5, 5.41) is 11.2. The molecule has 0 spiro atoms. The first kappa shape index (κ1) is 13.4. The van der Waals surface area contributed by atoms with Gasteiger partial charge in [0, 0.05) is 26.2 Å². The maximum atomic E-state index is 10.1. The monoisotopic (exact) mass is 235 g/mol. The number of hydrogen-bond donors (Lipinski definition) is 2. The Bertz CT molecular complexity index is 106. The summed E-state index contributed by atoms with van der Waals surface area (Å²) < 4.78 is 0. The van der Waals surface area contributed by atoms with Crippen molar-refractivity contribution in [3.05, 3.63) is 0 Å². The Morgan fingerprint density at radius 1 is 1.60 bits per heavy atom. The van der Waals surface area contributed by atoms with Crippen LogP contribution in [0.3, 0.4) is 0 Å². The van der Waals surface area contributed by atoms with E-state index in [2.05, 4.69) is 5.32 Å². The van der Waals surface area contributed by atoms with Crippen molar-refractivity contribution in [1.29, 1.82) is 0 Å². The molecule has 2 N–H and O–H groups in total. The molecule has 10 heavy (non-hydrogen) atoms. The van der Waals surface area contributed by atoms with E-state index in [1.54, 1.807) is 0 Å². The second-order valence-electron chi connectivity index (χ2n) is 1.99. The van der Waals surface area contributed by atoms with Gasteiger partial charge in [-0.1, -0.05) is 0 Å². The Kier molecular flexibility index (Phi) is 8.80. The summed E-state index contributed by atoms with van der Waals surface area (Å²) >= 11 is 0. The molecule has 1 atom stereocenters. The van der Waals surface area contributed by atoms with E-state index in [1.165, 1.54) is 0 Å². The van der Waals surface area contributed by atoms with Crippen LogP contribution in [0.2, 0.25) is 0 Å². The van der Waals surface area contributed by atoms with E-state index in [4.69, 9.17) is 5.11 Å². The van der Waals surface area contributed by atoms with Crippen LogP contribution in [0.15, 0.2) is 0 Å². The van der Waals surface area contributed by atoms with E-state index in [0.29, 0.717) is 0 Å².